The molecule has 0 radical (unpaired) electrons. The molecule has 90 valence electrons. The number of aromatic nitrogens is 2. The second kappa shape index (κ2) is 6.53. The Morgan fingerprint density at radius 3 is 2.88 bits per heavy atom. The van der Waals surface area contributed by atoms with E-state index in [4.69, 9.17) is 11.6 Å². The molecule has 0 aliphatic carbocycles. The highest BCUT2D eigenvalue weighted by Gasteiger charge is 2.05. The molecule has 1 heterocycles. The Morgan fingerprint density at radius 2 is 2.31 bits per heavy atom. The van der Waals surface area contributed by atoms with E-state index in [0.29, 0.717) is 18.8 Å². The Kier molecular flexibility index (Phi) is 5.32. The third-order valence-corrected chi connectivity index (χ3v) is 2.65. The molecular weight excluding hydrogens is 226 g/mol. The molecule has 1 aromatic rings. The van der Waals surface area contributed by atoms with Crippen molar-refractivity contribution in [2.45, 2.75) is 32.7 Å². The van der Waals surface area contributed by atoms with Crippen LogP contribution in [0.25, 0.3) is 0 Å². The van der Waals surface area contributed by atoms with Crippen molar-refractivity contribution in [3.63, 3.8) is 0 Å². The molecule has 0 aromatic carbocycles. The van der Waals surface area contributed by atoms with Gasteiger partial charge in [0.05, 0.1) is 5.69 Å². The first-order chi connectivity index (χ1) is 7.63. The van der Waals surface area contributed by atoms with Crippen LogP contribution in [0.4, 0.5) is 0 Å². The van der Waals surface area contributed by atoms with Crippen molar-refractivity contribution in [1.82, 2.24) is 15.1 Å². The lowest BCUT2D eigenvalue weighted by atomic mass is 10.2. The predicted molar refractivity (Wildman–Crippen MR) is 64.4 cm³/mol. The number of hydrogen-bond donors (Lipinski definition) is 1. The van der Waals surface area contributed by atoms with Crippen LogP contribution in [0.3, 0.4) is 0 Å². The SMILES string of the molecule is Cc1nn(C)cc1CNC(=O)CCCCCl. The van der Waals surface area contributed by atoms with Gasteiger partial charge in [0.1, 0.15) is 0 Å². The van der Waals surface area contributed by atoms with Crippen molar-refractivity contribution >= 4 is 17.5 Å². The Bertz CT molecular complexity index is 349. The molecule has 5 heteroatoms. The lowest BCUT2D eigenvalue weighted by Gasteiger charge is -2.03. The molecule has 0 bridgehead atoms. The molecular formula is C11H18ClN3O. The Labute approximate surface area is 101 Å². The van der Waals surface area contributed by atoms with Gasteiger partial charge in [0, 0.05) is 37.7 Å². The maximum atomic E-state index is 11.4. The largest absolute Gasteiger partial charge is 0.352 e. The number of aryl methyl sites for hydroxylation is 2. The van der Waals surface area contributed by atoms with Crippen molar-refractivity contribution < 1.29 is 4.79 Å². The van der Waals surface area contributed by atoms with Gasteiger partial charge >= 0.3 is 0 Å². The Balaban J connectivity index is 2.29. The van der Waals surface area contributed by atoms with E-state index in [1.54, 1.807) is 4.68 Å². The summed E-state index contributed by atoms with van der Waals surface area (Å²) in [6.07, 6.45) is 4.21. The summed E-state index contributed by atoms with van der Waals surface area (Å²) in [4.78, 5) is 11.4. The Hall–Kier alpha value is -1.03. The standard InChI is InChI=1S/C11H18ClN3O/c1-9-10(8-15(2)14-9)7-13-11(16)5-3-4-6-12/h8H,3-7H2,1-2H3,(H,13,16). The van der Waals surface area contributed by atoms with E-state index in [1.807, 2.05) is 20.2 Å². The summed E-state index contributed by atoms with van der Waals surface area (Å²) >= 11 is 5.54. The molecule has 0 aliphatic rings. The van der Waals surface area contributed by atoms with Crippen LogP contribution in [0.5, 0.6) is 0 Å². The number of nitrogens with zero attached hydrogens (tertiary/aromatic N) is 2. The average molecular weight is 244 g/mol. The second-order valence-electron chi connectivity index (χ2n) is 3.84. The summed E-state index contributed by atoms with van der Waals surface area (Å²) < 4.78 is 1.75. The third-order valence-electron chi connectivity index (χ3n) is 2.38. The van der Waals surface area contributed by atoms with Gasteiger partial charge in [-0.05, 0) is 19.8 Å². The summed E-state index contributed by atoms with van der Waals surface area (Å²) in [6.45, 7) is 2.49. The number of rotatable bonds is 6. The first kappa shape index (κ1) is 13.0. The van der Waals surface area contributed by atoms with Gasteiger partial charge in [0.15, 0.2) is 0 Å². The van der Waals surface area contributed by atoms with E-state index in [0.717, 1.165) is 24.1 Å². The van der Waals surface area contributed by atoms with Crippen LogP contribution in [0.1, 0.15) is 30.5 Å². The van der Waals surface area contributed by atoms with Crippen molar-refractivity contribution in [1.29, 1.82) is 0 Å². The fourth-order valence-electron chi connectivity index (χ4n) is 1.48. The van der Waals surface area contributed by atoms with Crippen LogP contribution in [0, 0.1) is 6.92 Å². The van der Waals surface area contributed by atoms with Gasteiger partial charge in [-0.25, -0.2) is 0 Å². The molecule has 0 spiro atoms. The van der Waals surface area contributed by atoms with Gasteiger partial charge in [0.25, 0.3) is 0 Å². The smallest absolute Gasteiger partial charge is 0.220 e. The van der Waals surface area contributed by atoms with Gasteiger partial charge in [-0.15, -0.1) is 11.6 Å². The minimum absolute atomic E-state index is 0.0772. The van der Waals surface area contributed by atoms with Gasteiger partial charge < -0.3 is 5.32 Å². The van der Waals surface area contributed by atoms with Crippen LogP contribution in [-0.2, 0) is 18.4 Å². The fraction of sp³-hybridized carbons (Fsp3) is 0.636. The number of hydrogen-bond acceptors (Lipinski definition) is 2. The molecule has 0 saturated heterocycles. The lowest BCUT2D eigenvalue weighted by molar-refractivity contribution is -0.121. The molecule has 1 aromatic heterocycles. The number of carbonyl (C=O) groups excluding carboxylic acids is 1. The molecule has 1 rings (SSSR count). The maximum absolute atomic E-state index is 11.4. The van der Waals surface area contributed by atoms with Crippen molar-refractivity contribution in [2.24, 2.45) is 7.05 Å². The molecule has 16 heavy (non-hydrogen) atoms. The maximum Gasteiger partial charge on any atom is 0.220 e. The topological polar surface area (TPSA) is 46.9 Å². The minimum atomic E-state index is 0.0772. The molecule has 1 N–H and O–H groups in total. The van der Waals surface area contributed by atoms with Gasteiger partial charge in [0.2, 0.25) is 5.91 Å². The summed E-state index contributed by atoms with van der Waals surface area (Å²) in [5.41, 5.74) is 2.02. The summed E-state index contributed by atoms with van der Waals surface area (Å²) in [5, 5.41) is 7.09. The second-order valence-corrected chi connectivity index (χ2v) is 4.21. The van der Waals surface area contributed by atoms with Crippen LogP contribution >= 0.6 is 11.6 Å². The van der Waals surface area contributed by atoms with Crippen molar-refractivity contribution in [3.8, 4) is 0 Å². The molecule has 0 atom stereocenters. The number of unbranched alkanes of at least 4 members (excludes halogenated alkanes) is 1. The quantitative estimate of drug-likeness (QED) is 0.611. The van der Waals surface area contributed by atoms with Crippen LogP contribution < -0.4 is 5.32 Å². The van der Waals surface area contributed by atoms with Gasteiger partial charge in [-0.1, -0.05) is 0 Å². The molecule has 0 unspecified atom stereocenters. The molecule has 0 aliphatic heterocycles. The molecule has 0 saturated carbocycles. The zero-order valence-corrected chi connectivity index (χ0v) is 10.5. The molecule has 1 amide bonds. The van der Waals surface area contributed by atoms with Gasteiger partial charge in [-0.3, -0.25) is 9.48 Å². The van der Waals surface area contributed by atoms with Crippen LogP contribution in [0.2, 0.25) is 0 Å². The normalized spacial score (nSPS) is 10.4. The van der Waals surface area contributed by atoms with E-state index >= 15 is 0 Å². The summed E-state index contributed by atoms with van der Waals surface area (Å²) in [7, 11) is 1.87. The first-order valence-electron chi connectivity index (χ1n) is 5.45. The predicted octanol–water partition coefficient (Wildman–Crippen LogP) is 1.75. The first-order valence-corrected chi connectivity index (χ1v) is 5.98. The number of amides is 1. The van der Waals surface area contributed by atoms with Gasteiger partial charge in [-0.2, -0.15) is 5.10 Å². The monoisotopic (exact) mass is 243 g/mol. The fourth-order valence-corrected chi connectivity index (χ4v) is 1.67. The van der Waals surface area contributed by atoms with E-state index in [-0.39, 0.29) is 5.91 Å². The zero-order chi connectivity index (χ0) is 12.0. The van der Waals surface area contributed by atoms with E-state index in [2.05, 4.69) is 10.4 Å². The van der Waals surface area contributed by atoms with E-state index in [9.17, 15) is 4.79 Å². The zero-order valence-electron chi connectivity index (χ0n) is 9.79. The summed E-state index contributed by atoms with van der Waals surface area (Å²) in [6, 6.07) is 0. The third kappa shape index (κ3) is 4.23. The number of halogens is 1. The highest BCUT2D eigenvalue weighted by atomic mass is 35.5. The lowest BCUT2D eigenvalue weighted by Crippen LogP contribution is -2.22. The van der Waals surface area contributed by atoms with E-state index < -0.39 is 0 Å². The number of alkyl halides is 1. The average Bonchev–Trinajstić information content (AvgIpc) is 2.55. The van der Waals surface area contributed by atoms with Crippen molar-refractivity contribution in [3.05, 3.63) is 17.5 Å². The van der Waals surface area contributed by atoms with Crippen LogP contribution in [-0.4, -0.2) is 21.6 Å². The summed E-state index contributed by atoms with van der Waals surface area (Å²) in [5.74, 6) is 0.697. The number of nitrogens with one attached hydrogen (secondary N) is 1. The molecule has 0 fully saturated rings. The van der Waals surface area contributed by atoms with Crippen LogP contribution in [0.15, 0.2) is 6.20 Å². The highest BCUT2D eigenvalue weighted by Crippen LogP contribution is 2.04. The molecule has 4 nitrogen and oxygen atoms in total. The van der Waals surface area contributed by atoms with Crippen molar-refractivity contribution in [2.75, 3.05) is 5.88 Å². The minimum Gasteiger partial charge on any atom is -0.352 e. The Morgan fingerprint density at radius 1 is 1.56 bits per heavy atom. The number of carbonyl (C=O) groups is 1. The highest BCUT2D eigenvalue weighted by molar-refractivity contribution is 6.17. The van der Waals surface area contributed by atoms with E-state index in [1.165, 1.54) is 0 Å².